The van der Waals surface area contributed by atoms with Crippen LogP contribution < -0.4 is 5.32 Å². The van der Waals surface area contributed by atoms with Crippen LogP contribution in [0.15, 0.2) is 0 Å². The molecule has 2 rings (SSSR count). The second-order valence-electron chi connectivity index (χ2n) is 6.32. The number of nitrogens with one attached hydrogen (secondary N) is 1. The Morgan fingerprint density at radius 3 is 2.63 bits per heavy atom. The van der Waals surface area contributed by atoms with Gasteiger partial charge in [0, 0.05) is 19.8 Å². The lowest BCUT2D eigenvalue weighted by molar-refractivity contribution is -0.131. The Bertz CT molecular complexity index is 301. The van der Waals surface area contributed by atoms with Crippen LogP contribution in [0.5, 0.6) is 0 Å². The molecule has 0 aromatic carbocycles. The molecule has 2 aliphatic heterocycles. The summed E-state index contributed by atoms with van der Waals surface area (Å²) < 4.78 is 5.40. The van der Waals surface area contributed by atoms with Crippen molar-refractivity contribution in [1.29, 1.82) is 0 Å². The second kappa shape index (κ2) is 6.71. The van der Waals surface area contributed by atoms with Gasteiger partial charge in [0.2, 0.25) is 5.91 Å². The minimum absolute atomic E-state index is 0.0322. The largest absolute Gasteiger partial charge is 0.381 e. The minimum atomic E-state index is 0.0322. The zero-order valence-corrected chi connectivity index (χ0v) is 12.5. The normalized spacial score (nSPS) is 29.5. The van der Waals surface area contributed by atoms with E-state index in [4.69, 9.17) is 4.74 Å². The van der Waals surface area contributed by atoms with Crippen LogP contribution in [-0.4, -0.2) is 42.8 Å². The van der Waals surface area contributed by atoms with Crippen LogP contribution in [-0.2, 0) is 9.53 Å². The van der Waals surface area contributed by atoms with E-state index in [1.807, 2.05) is 0 Å². The quantitative estimate of drug-likeness (QED) is 0.829. The van der Waals surface area contributed by atoms with Gasteiger partial charge in [-0.3, -0.25) is 10.1 Å². The minimum Gasteiger partial charge on any atom is -0.381 e. The molecule has 2 heterocycles. The van der Waals surface area contributed by atoms with Crippen molar-refractivity contribution in [3.63, 3.8) is 0 Å². The van der Waals surface area contributed by atoms with Gasteiger partial charge in [0.25, 0.3) is 0 Å². The lowest BCUT2D eigenvalue weighted by Crippen LogP contribution is -2.41. The van der Waals surface area contributed by atoms with Gasteiger partial charge in [-0.2, -0.15) is 0 Å². The van der Waals surface area contributed by atoms with Crippen molar-refractivity contribution in [2.75, 3.05) is 19.8 Å². The number of hydrogen-bond donors (Lipinski definition) is 1. The molecule has 4 heteroatoms. The first-order valence-electron chi connectivity index (χ1n) is 7.76. The maximum absolute atomic E-state index is 12.5. The van der Waals surface area contributed by atoms with Gasteiger partial charge >= 0.3 is 0 Å². The van der Waals surface area contributed by atoms with E-state index in [1.165, 1.54) is 0 Å². The van der Waals surface area contributed by atoms with Crippen LogP contribution in [0.4, 0.5) is 0 Å². The Hall–Kier alpha value is -0.610. The summed E-state index contributed by atoms with van der Waals surface area (Å²) in [6.07, 6.45) is 4.35. The number of carbonyl (C=O) groups is 1. The van der Waals surface area contributed by atoms with E-state index >= 15 is 0 Å². The first-order chi connectivity index (χ1) is 9.11. The second-order valence-corrected chi connectivity index (χ2v) is 6.32. The van der Waals surface area contributed by atoms with Crippen molar-refractivity contribution in [3.8, 4) is 0 Å². The van der Waals surface area contributed by atoms with Crippen LogP contribution in [0.2, 0.25) is 0 Å². The third kappa shape index (κ3) is 3.69. The van der Waals surface area contributed by atoms with Crippen LogP contribution >= 0.6 is 0 Å². The Labute approximate surface area is 116 Å². The number of amides is 1. The molecule has 0 aliphatic carbocycles. The molecule has 0 aromatic rings. The highest BCUT2D eigenvalue weighted by Crippen LogP contribution is 2.23. The van der Waals surface area contributed by atoms with Gasteiger partial charge < -0.3 is 9.64 Å². The number of rotatable bonds is 5. The smallest absolute Gasteiger partial charge is 0.241 e. The molecule has 19 heavy (non-hydrogen) atoms. The molecule has 110 valence electrons. The summed E-state index contributed by atoms with van der Waals surface area (Å²) in [6, 6.07) is 0.0322. The standard InChI is InChI=1S/C15H28N2O2/c1-4-14-16-13(9-11(2)3)15(18)17(14)10-12-5-7-19-8-6-12/h11-14,16H,4-10H2,1-3H3. The third-order valence-electron chi connectivity index (χ3n) is 4.24. The monoisotopic (exact) mass is 268 g/mol. The first-order valence-corrected chi connectivity index (χ1v) is 7.76. The molecule has 0 spiro atoms. The number of nitrogens with zero attached hydrogens (tertiary/aromatic N) is 1. The number of hydrogen-bond acceptors (Lipinski definition) is 3. The van der Waals surface area contributed by atoms with E-state index in [0.29, 0.717) is 17.7 Å². The fourth-order valence-electron chi connectivity index (χ4n) is 3.15. The van der Waals surface area contributed by atoms with Crippen molar-refractivity contribution in [1.82, 2.24) is 10.2 Å². The van der Waals surface area contributed by atoms with Crippen LogP contribution in [0.1, 0.15) is 46.5 Å². The summed E-state index contributed by atoms with van der Waals surface area (Å²) in [6.45, 7) is 9.12. The average Bonchev–Trinajstić information content (AvgIpc) is 2.68. The SMILES string of the molecule is CCC1NC(CC(C)C)C(=O)N1CC1CCOCC1. The molecule has 1 N–H and O–H groups in total. The van der Waals surface area contributed by atoms with Crippen molar-refractivity contribution in [3.05, 3.63) is 0 Å². The van der Waals surface area contributed by atoms with Crippen molar-refractivity contribution >= 4 is 5.91 Å². The highest BCUT2D eigenvalue weighted by atomic mass is 16.5. The van der Waals surface area contributed by atoms with Crippen molar-refractivity contribution < 1.29 is 9.53 Å². The summed E-state index contributed by atoms with van der Waals surface area (Å²) in [5.41, 5.74) is 0. The van der Waals surface area contributed by atoms with E-state index in [0.717, 1.165) is 45.4 Å². The van der Waals surface area contributed by atoms with Gasteiger partial charge in [-0.25, -0.2) is 0 Å². The number of ether oxygens (including phenoxy) is 1. The molecule has 2 atom stereocenters. The van der Waals surface area contributed by atoms with Gasteiger partial charge in [-0.05, 0) is 37.5 Å². The predicted molar refractivity (Wildman–Crippen MR) is 75.7 cm³/mol. The Kier molecular flexibility index (Phi) is 5.22. The summed E-state index contributed by atoms with van der Waals surface area (Å²) in [5, 5.41) is 3.51. The first kappa shape index (κ1) is 14.8. The Morgan fingerprint density at radius 1 is 1.37 bits per heavy atom. The summed E-state index contributed by atoms with van der Waals surface area (Å²) in [5.74, 6) is 1.49. The fraction of sp³-hybridized carbons (Fsp3) is 0.933. The van der Waals surface area contributed by atoms with Crippen molar-refractivity contribution in [2.45, 2.75) is 58.7 Å². The van der Waals surface area contributed by atoms with E-state index in [9.17, 15) is 4.79 Å². The Morgan fingerprint density at radius 2 is 2.05 bits per heavy atom. The molecular formula is C15H28N2O2. The molecule has 4 nitrogen and oxygen atoms in total. The highest BCUT2D eigenvalue weighted by Gasteiger charge is 2.38. The molecular weight excluding hydrogens is 240 g/mol. The van der Waals surface area contributed by atoms with E-state index in [2.05, 4.69) is 31.0 Å². The zero-order valence-electron chi connectivity index (χ0n) is 12.5. The van der Waals surface area contributed by atoms with E-state index in [1.54, 1.807) is 0 Å². The van der Waals surface area contributed by atoms with Gasteiger partial charge in [-0.1, -0.05) is 20.8 Å². The topological polar surface area (TPSA) is 41.6 Å². The van der Waals surface area contributed by atoms with Crippen LogP contribution in [0.25, 0.3) is 0 Å². The molecule has 0 aromatic heterocycles. The van der Waals surface area contributed by atoms with Gasteiger partial charge in [0.1, 0.15) is 0 Å². The zero-order chi connectivity index (χ0) is 13.8. The molecule has 2 saturated heterocycles. The molecule has 2 unspecified atom stereocenters. The fourth-order valence-corrected chi connectivity index (χ4v) is 3.15. The molecule has 0 radical (unpaired) electrons. The molecule has 0 saturated carbocycles. The third-order valence-corrected chi connectivity index (χ3v) is 4.24. The summed E-state index contributed by atoms with van der Waals surface area (Å²) in [4.78, 5) is 14.6. The summed E-state index contributed by atoms with van der Waals surface area (Å²) >= 11 is 0. The van der Waals surface area contributed by atoms with Gasteiger partial charge in [0.05, 0.1) is 12.2 Å². The molecule has 2 fully saturated rings. The summed E-state index contributed by atoms with van der Waals surface area (Å²) in [7, 11) is 0. The van der Waals surface area contributed by atoms with E-state index < -0.39 is 0 Å². The lowest BCUT2D eigenvalue weighted by Gasteiger charge is -2.30. The molecule has 1 amide bonds. The number of carbonyl (C=O) groups excluding carboxylic acids is 1. The van der Waals surface area contributed by atoms with Gasteiger partial charge in [-0.15, -0.1) is 0 Å². The van der Waals surface area contributed by atoms with Crippen LogP contribution in [0, 0.1) is 11.8 Å². The van der Waals surface area contributed by atoms with Crippen molar-refractivity contribution in [2.24, 2.45) is 11.8 Å². The highest BCUT2D eigenvalue weighted by molar-refractivity contribution is 5.84. The van der Waals surface area contributed by atoms with Gasteiger partial charge in [0.15, 0.2) is 0 Å². The molecule has 0 bridgehead atoms. The maximum Gasteiger partial charge on any atom is 0.241 e. The lowest BCUT2D eigenvalue weighted by atomic mass is 9.99. The molecule has 2 aliphatic rings. The van der Waals surface area contributed by atoms with E-state index in [-0.39, 0.29) is 12.2 Å². The van der Waals surface area contributed by atoms with Crippen LogP contribution in [0.3, 0.4) is 0 Å². The Balaban J connectivity index is 1.94. The predicted octanol–water partition coefficient (Wildman–Crippen LogP) is 2.00. The maximum atomic E-state index is 12.5. The average molecular weight is 268 g/mol.